The van der Waals surface area contributed by atoms with Crippen LogP contribution in [0.2, 0.25) is 0 Å². The molecule has 0 saturated heterocycles. The zero-order valence-electron chi connectivity index (χ0n) is 12.6. The second kappa shape index (κ2) is 7.47. The molecule has 1 aromatic heterocycles. The van der Waals surface area contributed by atoms with E-state index in [9.17, 15) is 9.35 Å². The molecular weight excluding hydrogens is 316 g/mol. The Hall–Kier alpha value is -2.06. The fraction of sp³-hybridized carbons (Fsp3) is 0.400. The summed E-state index contributed by atoms with van der Waals surface area (Å²) in [7, 11) is 0. The highest BCUT2D eigenvalue weighted by Gasteiger charge is 2.16. The number of unbranched alkanes of at least 4 members (excludes halogenated alkanes) is 1. The molecule has 1 amide bonds. The number of fused-ring (bicyclic) bond motifs is 1. The highest BCUT2D eigenvalue weighted by molar-refractivity contribution is 7.91. The minimum atomic E-state index is -1.15. The molecule has 1 aromatic carbocycles. The van der Waals surface area contributed by atoms with Crippen molar-refractivity contribution in [2.45, 2.75) is 30.8 Å². The summed E-state index contributed by atoms with van der Waals surface area (Å²) < 4.78 is 17.5. The number of carbonyl (C=O) groups is 1. The topological polar surface area (TPSA) is 103 Å². The van der Waals surface area contributed by atoms with E-state index in [2.05, 4.69) is 20.5 Å². The van der Waals surface area contributed by atoms with Crippen LogP contribution in [-0.4, -0.2) is 38.0 Å². The maximum Gasteiger partial charge on any atom is 0.360 e. The number of anilines is 1. The molecule has 2 heterocycles. The Morgan fingerprint density at radius 1 is 1.30 bits per heavy atom. The zero-order chi connectivity index (χ0) is 16.1. The van der Waals surface area contributed by atoms with Crippen LogP contribution in [0.3, 0.4) is 0 Å². The first-order valence-electron chi connectivity index (χ1n) is 7.52. The summed E-state index contributed by atoms with van der Waals surface area (Å²) in [6, 6.07) is 5.71. The van der Waals surface area contributed by atoms with Crippen molar-refractivity contribution in [1.29, 1.82) is 0 Å². The van der Waals surface area contributed by atoms with Crippen molar-refractivity contribution in [2.75, 3.05) is 17.7 Å². The minimum Gasteiger partial charge on any atom is -0.609 e. The number of H-pyrrole nitrogens is 1. The lowest BCUT2D eigenvalue weighted by molar-refractivity contribution is -0.116. The van der Waals surface area contributed by atoms with Crippen molar-refractivity contribution < 1.29 is 14.1 Å². The maximum atomic E-state index is 11.8. The van der Waals surface area contributed by atoms with Crippen LogP contribution in [0.15, 0.2) is 29.7 Å². The summed E-state index contributed by atoms with van der Waals surface area (Å²) in [6.07, 6.45) is 4.28. The molecular formula is C15H18N4O3S. The molecule has 0 aliphatic carbocycles. The maximum absolute atomic E-state index is 11.8. The number of carbonyl (C=O) groups excluding carboxylic acids is 1. The normalized spacial score (nSPS) is 14.9. The Balaban J connectivity index is 1.40. The fourth-order valence-corrected chi connectivity index (χ4v) is 3.35. The number of nitrogens with one attached hydrogen (secondary N) is 2. The number of amides is 1. The third kappa shape index (κ3) is 4.23. The number of aromatic amines is 1. The number of aromatic nitrogens is 3. The van der Waals surface area contributed by atoms with E-state index in [4.69, 9.17) is 4.74 Å². The monoisotopic (exact) mass is 334 g/mol. The van der Waals surface area contributed by atoms with Gasteiger partial charge in [0.05, 0.1) is 6.61 Å². The van der Waals surface area contributed by atoms with Gasteiger partial charge in [0, 0.05) is 23.3 Å². The first-order chi connectivity index (χ1) is 11.2. The molecule has 1 unspecified atom stereocenters. The molecule has 0 fully saturated rings. The van der Waals surface area contributed by atoms with Gasteiger partial charge in [-0.15, -0.1) is 5.10 Å². The summed E-state index contributed by atoms with van der Waals surface area (Å²) >= 11 is -1.15. The molecule has 0 radical (unpaired) electrons. The lowest BCUT2D eigenvalue weighted by Gasteiger charge is -2.17. The first kappa shape index (κ1) is 15.8. The van der Waals surface area contributed by atoms with Crippen molar-refractivity contribution in [1.82, 2.24) is 15.2 Å². The summed E-state index contributed by atoms with van der Waals surface area (Å²) in [5.41, 5.74) is 1.98. The highest BCUT2D eigenvalue weighted by Crippen LogP contribution is 2.26. The molecule has 7 nitrogen and oxygen atoms in total. The molecule has 3 rings (SSSR count). The Morgan fingerprint density at radius 2 is 2.22 bits per heavy atom. The van der Waals surface area contributed by atoms with E-state index in [1.54, 1.807) is 0 Å². The van der Waals surface area contributed by atoms with Gasteiger partial charge in [0.25, 0.3) is 0 Å². The van der Waals surface area contributed by atoms with E-state index in [0.29, 0.717) is 23.9 Å². The highest BCUT2D eigenvalue weighted by atomic mass is 32.2. The van der Waals surface area contributed by atoms with Gasteiger partial charge in [-0.2, -0.15) is 4.98 Å². The Bertz CT molecular complexity index is 663. The number of ether oxygens (including phenoxy) is 1. The SMILES string of the molecule is O=C1CCc2cc(OCCCC[S+]([O-])c3nc[nH]n3)ccc2N1. The Labute approximate surface area is 137 Å². The molecule has 8 heteroatoms. The number of benzene rings is 1. The van der Waals surface area contributed by atoms with Gasteiger partial charge in [0.1, 0.15) is 17.8 Å². The number of aryl methyl sites for hydroxylation is 1. The zero-order valence-corrected chi connectivity index (χ0v) is 13.4. The largest absolute Gasteiger partial charge is 0.609 e. The van der Waals surface area contributed by atoms with Crippen molar-refractivity contribution in [3.8, 4) is 5.75 Å². The van der Waals surface area contributed by atoms with Crippen LogP contribution in [0, 0.1) is 0 Å². The van der Waals surface area contributed by atoms with E-state index in [-0.39, 0.29) is 5.91 Å². The summed E-state index contributed by atoms with van der Waals surface area (Å²) in [4.78, 5) is 15.2. The third-order valence-electron chi connectivity index (χ3n) is 3.56. The first-order valence-corrected chi connectivity index (χ1v) is 8.84. The van der Waals surface area contributed by atoms with Gasteiger partial charge in [0.2, 0.25) is 5.91 Å². The Kier molecular flexibility index (Phi) is 5.14. The van der Waals surface area contributed by atoms with Gasteiger partial charge < -0.3 is 14.6 Å². The second-order valence-corrected chi connectivity index (χ2v) is 6.72. The van der Waals surface area contributed by atoms with E-state index >= 15 is 0 Å². The van der Waals surface area contributed by atoms with Gasteiger partial charge in [-0.05, 0) is 43.0 Å². The lowest BCUT2D eigenvalue weighted by Crippen LogP contribution is -2.18. The molecule has 0 saturated carbocycles. The Morgan fingerprint density at radius 3 is 3.04 bits per heavy atom. The van der Waals surface area contributed by atoms with Crippen LogP contribution < -0.4 is 10.1 Å². The van der Waals surface area contributed by atoms with Crippen molar-refractivity contribution in [3.05, 3.63) is 30.1 Å². The predicted octanol–water partition coefficient (Wildman–Crippen LogP) is 1.66. The predicted molar refractivity (Wildman–Crippen MR) is 85.8 cm³/mol. The van der Waals surface area contributed by atoms with E-state index in [1.165, 1.54) is 6.33 Å². The molecule has 1 aliphatic heterocycles. The van der Waals surface area contributed by atoms with Gasteiger partial charge in [0.15, 0.2) is 0 Å². The van der Waals surface area contributed by atoms with Crippen molar-refractivity contribution in [3.63, 3.8) is 0 Å². The van der Waals surface area contributed by atoms with Crippen LogP contribution >= 0.6 is 0 Å². The van der Waals surface area contributed by atoms with E-state index < -0.39 is 11.2 Å². The molecule has 2 N–H and O–H groups in total. The van der Waals surface area contributed by atoms with Gasteiger partial charge in [-0.1, -0.05) is 0 Å². The molecule has 23 heavy (non-hydrogen) atoms. The summed E-state index contributed by atoms with van der Waals surface area (Å²) in [5.74, 6) is 1.39. The van der Waals surface area contributed by atoms with Gasteiger partial charge >= 0.3 is 5.16 Å². The van der Waals surface area contributed by atoms with Crippen LogP contribution in [0.1, 0.15) is 24.8 Å². The molecule has 0 spiro atoms. The summed E-state index contributed by atoms with van der Waals surface area (Å²) in [6.45, 7) is 0.566. The van der Waals surface area contributed by atoms with Gasteiger partial charge in [-0.3, -0.25) is 9.89 Å². The molecule has 122 valence electrons. The average molecular weight is 334 g/mol. The lowest BCUT2D eigenvalue weighted by atomic mass is 10.0. The smallest absolute Gasteiger partial charge is 0.360 e. The average Bonchev–Trinajstić information content (AvgIpc) is 3.09. The van der Waals surface area contributed by atoms with E-state index in [0.717, 1.165) is 36.3 Å². The number of hydrogen-bond acceptors (Lipinski definition) is 5. The van der Waals surface area contributed by atoms with Crippen LogP contribution in [0.25, 0.3) is 0 Å². The third-order valence-corrected chi connectivity index (χ3v) is 4.82. The molecule has 1 aliphatic rings. The molecule has 2 aromatic rings. The number of rotatable bonds is 7. The van der Waals surface area contributed by atoms with Crippen LogP contribution in [-0.2, 0) is 22.4 Å². The molecule has 0 bridgehead atoms. The quantitative estimate of drug-likeness (QED) is 0.592. The van der Waals surface area contributed by atoms with Crippen molar-refractivity contribution in [2.24, 2.45) is 0 Å². The molecule has 1 atom stereocenters. The number of hydrogen-bond donors (Lipinski definition) is 2. The minimum absolute atomic E-state index is 0.0607. The van der Waals surface area contributed by atoms with Crippen molar-refractivity contribution >= 4 is 22.8 Å². The van der Waals surface area contributed by atoms with Crippen LogP contribution in [0.5, 0.6) is 5.75 Å². The second-order valence-electron chi connectivity index (χ2n) is 5.25. The number of nitrogens with zero attached hydrogens (tertiary/aromatic N) is 2. The fourth-order valence-electron chi connectivity index (χ4n) is 2.37. The van der Waals surface area contributed by atoms with E-state index in [1.807, 2.05) is 18.2 Å². The standard InChI is InChI=1S/C15H18N4O3S/c20-14-6-3-11-9-12(4-5-13(11)18-14)22-7-1-2-8-23(21)15-16-10-17-19-15/h4-5,9-10H,1-3,6-8H2,(H,18,20)(H,16,17,19). The van der Waals surface area contributed by atoms with Crippen LogP contribution in [0.4, 0.5) is 5.69 Å². The van der Waals surface area contributed by atoms with Gasteiger partial charge in [-0.25, -0.2) is 0 Å². The summed E-state index contributed by atoms with van der Waals surface area (Å²) in [5, 5.41) is 9.56.